The molecule has 1 atom stereocenters. The number of piperidine rings is 1. The molecule has 0 spiro atoms. The van der Waals surface area contributed by atoms with Crippen molar-refractivity contribution in [2.45, 2.75) is 19.8 Å². The van der Waals surface area contributed by atoms with E-state index in [2.05, 4.69) is 32.2 Å². The first-order valence-electron chi connectivity index (χ1n) is 8.95. The van der Waals surface area contributed by atoms with E-state index < -0.39 is 0 Å². The van der Waals surface area contributed by atoms with Crippen LogP contribution in [0.4, 0.5) is 23.4 Å². The summed E-state index contributed by atoms with van der Waals surface area (Å²) in [5, 5.41) is 7.67. The van der Waals surface area contributed by atoms with Crippen LogP contribution >= 0.6 is 0 Å². The highest BCUT2D eigenvalue weighted by Crippen LogP contribution is 2.24. The van der Waals surface area contributed by atoms with Gasteiger partial charge in [-0.25, -0.2) is 4.98 Å². The first-order valence-corrected chi connectivity index (χ1v) is 8.95. The molecule has 134 valence electrons. The van der Waals surface area contributed by atoms with Crippen LogP contribution in [0, 0.1) is 5.92 Å². The first kappa shape index (κ1) is 16.4. The maximum absolute atomic E-state index is 6.09. The third-order valence-electron chi connectivity index (χ3n) is 4.62. The molecule has 1 unspecified atom stereocenters. The SMILES string of the molecule is CC1CCCN(c2cc(-n3nc(Nc4ccccc4)nc3N)ccn2)C1. The molecule has 0 amide bonds. The van der Waals surface area contributed by atoms with E-state index in [9.17, 15) is 0 Å². The van der Waals surface area contributed by atoms with Gasteiger partial charge >= 0.3 is 0 Å². The van der Waals surface area contributed by atoms with Gasteiger partial charge in [0, 0.05) is 31.0 Å². The van der Waals surface area contributed by atoms with Crippen LogP contribution in [0.25, 0.3) is 5.69 Å². The van der Waals surface area contributed by atoms with Crippen molar-refractivity contribution in [2.75, 3.05) is 29.0 Å². The molecule has 1 aromatic carbocycles. The lowest BCUT2D eigenvalue weighted by Crippen LogP contribution is -2.34. The highest BCUT2D eigenvalue weighted by Gasteiger charge is 2.18. The Balaban J connectivity index is 1.58. The van der Waals surface area contributed by atoms with Crippen molar-refractivity contribution in [3.63, 3.8) is 0 Å². The Morgan fingerprint density at radius 2 is 2.04 bits per heavy atom. The second-order valence-electron chi connectivity index (χ2n) is 6.76. The second-order valence-corrected chi connectivity index (χ2v) is 6.76. The molecule has 1 aliphatic rings. The molecule has 4 rings (SSSR count). The minimum absolute atomic E-state index is 0.340. The Bertz CT molecular complexity index is 875. The zero-order valence-electron chi connectivity index (χ0n) is 14.8. The fourth-order valence-corrected chi connectivity index (χ4v) is 3.33. The second kappa shape index (κ2) is 7.03. The molecular weight excluding hydrogens is 326 g/mol. The van der Waals surface area contributed by atoms with Gasteiger partial charge in [-0.3, -0.25) is 0 Å². The van der Waals surface area contributed by atoms with Crippen LogP contribution in [0.1, 0.15) is 19.8 Å². The normalized spacial score (nSPS) is 17.3. The molecule has 3 N–H and O–H groups in total. The van der Waals surface area contributed by atoms with Gasteiger partial charge in [0.2, 0.25) is 11.9 Å². The van der Waals surface area contributed by atoms with Gasteiger partial charge in [-0.15, -0.1) is 5.10 Å². The predicted octanol–water partition coefficient (Wildman–Crippen LogP) is 3.22. The van der Waals surface area contributed by atoms with E-state index in [-0.39, 0.29) is 0 Å². The Hall–Kier alpha value is -3.09. The Morgan fingerprint density at radius 3 is 2.85 bits per heavy atom. The average Bonchev–Trinajstić information content (AvgIpc) is 3.03. The lowest BCUT2D eigenvalue weighted by molar-refractivity contribution is 0.444. The van der Waals surface area contributed by atoms with Crippen LogP contribution < -0.4 is 16.0 Å². The van der Waals surface area contributed by atoms with Gasteiger partial charge in [0.1, 0.15) is 5.82 Å². The van der Waals surface area contributed by atoms with Crippen molar-refractivity contribution < 1.29 is 0 Å². The molecule has 0 saturated carbocycles. The zero-order valence-corrected chi connectivity index (χ0v) is 14.8. The molecule has 26 heavy (non-hydrogen) atoms. The lowest BCUT2D eigenvalue weighted by atomic mass is 10.0. The van der Waals surface area contributed by atoms with E-state index in [4.69, 9.17) is 5.73 Å². The molecule has 1 fully saturated rings. The van der Waals surface area contributed by atoms with E-state index in [1.165, 1.54) is 12.8 Å². The maximum atomic E-state index is 6.09. The van der Waals surface area contributed by atoms with Gasteiger partial charge in [0.05, 0.1) is 5.69 Å². The monoisotopic (exact) mass is 349 g/mol. The number of nitrogens with zero attached hydrogens (tertiary/aromatic N) is 5. The molecule has 3 heterocycles. The van der Waals surface area contributed by atoms with Gasteiger partial charge < -0.3 is 16.0 Å². The Kier molecular flexibility index (Phi) is 4.43. The van der Waals surface area contributed by atoms with Gasteiger partial charge in [0.25, 0.3) is 0 Å². The third-order valence-corrected chi connectivity index (χ3v) is 4.62. The van der Waals surface area contributed by atoms with Crippen LogP contribution in [-0.4, -0.2) is 32.8 Å². The Morgan fingerprint density at radius 1 is 1.19 bits per heavy atom. The summed E-state index contributed by atoms with van der Waals surface area (Å²) in [4.78, 5) is 11.2. The van der Waals surface area contributed by atoms with Crippen molar-refractivity contribution in [3.8, 4) is 5.69 Å². The van der Waals surface area contributed by atoms with E-state index in [0.29, 0.717) is 17.8 Å². The van der Waals surface area contributed by atoms with Crippen LogP contribution in [0.2, 0.25) is 0 Å². The van der Waals surface area contributed by atoms with Crippen molar-refractivity contribution in [2.24, 2.45) is 5.92 Å². The van der Waals surface area contributed by atoms with Crippen molar-refractivity contribution in [1.29, 1.82) is 0 Å². The number of hydrogen-bond donors (Lipinski definition) is 2. The summed E-state index contributed by atoms with van der Waals surface area (Å²) < 4.78 is 1.64. The number of para-hydroxylation sites is 1. The number of anilines is 4. The lowest BCUT2D eigenvalue weighted by Gasteiger charge is -2.31. The highest BCUT2D eigenvalue weighted by molar-refractivity contribution is 5.55. The summed E-state index contributed by atoms with van der Waals surface area (Å²) in [5.41, 5.74) is 7.87. The van der Waals surface area contributed by atoms with Gasteiger partial charge in [-0.05, 0) is 37.0 Å². The molecule has 2 aromatic heterocycles. The number of pyridine rings is 1. The van der Waals surface area contributed by atoms with E-state index in [0.717, 1.165) is 30.3 Å². The quantitative estimate of drug-likeness (QED) is 0.752. The third kappa shape index (κ3) is 3.46. The molecule has 0 bridgehead atoms. The summed E-state index contributed by atoms with van der Waals surface area (Å²) in [6.45, 7) is 4.35. The number of nitrogens with two attached hydrogens (primary N) is 1. The minimum Gasteiger partial charge on any atom is -0.368 e. The van der Waals surface area contributed by atoms with Crippen LogP contribution in [0.15, 0.2) is 48.7 Å². The number of nitrogen functional groups attached to an aromatic ring is 1. The Labute approximate surface area is 152 Å². The molecule has 0 aliphatic carbocycles. The summed E-state index contributed by atoms with van der Waals surface area (Å²) in [7, 11) is 0. The van der Waals surface area contributed by atoms with Crippen molar-refractivity contribution >= 4 is 23.4 Å². The molecular formula is C19H23N7. The molecule has 7 nitrogen and oxygen atoms in total. The fourth-order valence-electron chi connectivity index (χ4n) is 3.33. The maximum Gasteiger partial charge on any atom is 0.248 e. The summed E-state index contributed by atoms with van der Waals surface area (Å²) >= 11 is 0. The summed E-state index contributed by atoms with van der Waals surface area (Å²) in [6.07, 6.45) is 4.28. The predicted molar refractivity (Wildman–Crippen MR) is 104 cm³/mol. The topological polar surface area (TPSA) is 84.9 Å². The van der Waals surface area contributed by atoms with Gasteiger partial charge in [-0.2, -0.15) is 9.67 Å². The zero-order chi connectivity index (χ0) is 17.9. The largest absolute Gasteiger partial charge is 0.368 e. The van der Waals surface area contributed by atoms with E-state index in [1.807, 2.05) is 42.5 Å². The standard InChI is InChI=1S/C19H23N7/c1-14-6-5-11-25(13-14)17-12-16(9-10-21-17)26-18(20)23-19(24-26)22-15-7-3-2-4-8-15/h2-4,7-10,12,14H,5-6,11,13H2,1H3,(H3,20,22,23,24). The van der Waals surface area contributed by atoms with E-state index in [1.54, 1.807) is 10.9 Å². The minimum atomic E-state index is 0.340. The van der Waals surface area contributed by atoms with Crippen molar-refractivity contribution in [3.05, 3.63) is 48.7 Å². The number of nitrogens with one attached hydrogen (secondary N) is 1. The van der Waals surface area contributed by atoms with Crippen LogP contribution in [0.3, 0.4) is 0 Å². The number of benzene rings is 1. The molecule has 0 radical (unpaired) electrons. The summed E-state index contributed by atoms with van der Waals surface area (Å²) in [5.74, 6) is 2.46. The van der Waals surface area contributed by atoms with Crippen LogP contribution in [0.5, 0.6) is 0 Å². The highest BCUT2D eigenvalue weighted by atomic mass is 15.4. The smallest absolute Gasteiger partial charge is 0.248 e. The van der Waals surface area contributed by atoms with Crippen LogP contribution in [-0.2, 0) is 0 Å². The number of hydrogen-bond acceptors (Lipinski definition) is 6. The number of aromatic nitrogens is 4. The fraction of sp³-hybridized carbons (Fsp3) is 0.316. The van der Waals surface area contributed by atoms with Gasteiger partial charge in [0.15, 0.2) is 0 Å². The van der Waals surface area contributed by atoms with E-state index >= 15 is 0 Å². The first-order chi connectivity index (χ1) is 12.7. The molecule has 3 aromatic rings. The van der Waals surface area contributed by atoms with Crippen molar-refractivity contribution in [1.82, 2.24) is 19.7 Å². The average molecular weight is 349 g/mol. The molecule has 1 saturated heterocycles. The molecule has 1 aliphatic heterocycles. The summed E-state index contributed by atoms with van der Waals surface area (Å²) in [6, 6.07) is 13.7. The number of rotatable bonds is 4. The van der Waals surface area contributed by atoms with Gasteiger partial charge in [-0.1, -0.05) is 25.1 Å². The molecule has 7 heteroatoms.